The Labute approximate surface area is 195 Å². The van der Waals surface area contributed by atoms with Gasteiger partial charge in [-0.3, -0.25) is 4.79 Å². The van der Waals surface area contributed by atoms with Crippen LogP contribution >= 0.6 is 0 Å². The second kappa shape index (κ2) is 10.5. The second-order valence-electron chi connectivity index (χ2n) is 8.36. The van der Waals surface area contributed by atoms with Gasteiger partial charge in [0.2, 0.25) is 5.91 Å². The molecule has 1 heterocycles. The fourth-order valence-electron chi connectivity index (χ4n) is 4.05. The summed E-state index contributed by atoms with van der Waals surface area (Å²) >= 11 is 0. The van der Waals surface area contributed by atoms with Gasteiger partial charge in [-0.1, -0.05) is 12.1 Å². The Kier molecular flexibility index (Phi) is 7.68. The summed E-state index contributed by atoms with van der Waals surface area (Å²) in [7, 11) is 4.82. The quantitative estimate of drug-likeness (QED) is 0.669. The number of hydrogen-bond donors (Lipinski definition) is 2. The smallest absolute Gasteiger partial charge is 0.318 e. The molecule has 0 fully saturated rings. The number of carbonyl (C=O) groups excluding carboxylic acids is 2. The standard InChI is InChI=1S/C25H33N3O5/c1-15(2)26-24(29)16(3)27-25(30)28-12-11-18-13-21(32-5)22(33-6)14-20(18)23(28)17-7-9-19(31-4)10-8-17/h7-10,13-16,23H,11-12H2,1-6H3,(H,26,29)(H,27,30)/t16-,23+/m0/s1. The zero-order chi connectivity index (χ0) is 24.1. The van der Waals surface area contributed by atoms with Gasteiger partial charge in [0, 0.05) is 12.6 Å². The van der Waals surface area contributed by atoms with Crippen molar-refractivity contribution in [1.29, 1.82) is 0 Å². The predicted molar refractivity (Wildman–Crippen MR) is 126 cm³/mol. The molecule has 0 saturated carbocycles. The largest absolute Gasteiger partial charge is 0.497 e. The van der Waals surface area contributed by atoms with E-state index < -0.39 is 6.04 Å². The minimum absolute atomic E-state index is 0.00629. The third kappa shape index (κ3) is 5.32. The number of hydrogen-bond acceptors (Lipinski definition) is 5. The summed E-state index contributed by atoms with van der Waals surface area (Å²) in [5.41, 5.74) is 2.97. The Morgan fingerprint density at radius 1 is 0.939 bits per heavy atom. The van der Waals surface area contributed by atoms with Crippen LogP contribution in [-0.2, 0) is 11.2 Å². The van der Waals surface area contributed by atoms with Crippen LogP contribution in [0.4, 0.5) is 4.79 Å². The van der Waals surface area contributed by atoms with Crippen molar-refractivity contribution in [3.8, 4) is 17.2 Å². The molecule has 3 rings (SSSR count). The highest BCUT2D eigenvalue weighted by Gasteiger charge is 2.34. The van der Waals surface area contributed by atoms with E-state index in [2.05, 4.69) is 10.6 Å². The van der Waals surface area contributed by atoms with Crippen LogP contribution < -0.4 is 24.8 Å². The Morgan fingerprint density at radius 3 is 2.15 bits per heavy atom. The third-order valence-electron chi connectivity index (χ3n) is 5.73. The SMILES string of the molecule is COc1ccc([C@@H]2c3cc(OC)c(OC)cc3CCN2C(=O)N[C@@H](C)C(=O)NC(C)C)cc1. The lowest BCUT2D eigenvalue weighted by atomic mass is 9.87. The van der Waals surface area contributed by atoms with Crippen molar-refractivity contribution in [2.75, 3.05) is 27.9 Å². The van der Waals surface area contributed by atoms with Crippen molar-refractivity contribution >= 4 is 11.9 Å². The first kappa shape index (κ1) is 24.2. The van der Waals surface area contributed by atoms with Crippen LogP contribution in [0, 0.1) is 0 Å². The molecule has 8 heteroatoms. The van der Waals surface area contributed by atoms with Gasteiger partial charge in [0.25, 0.3) is 0 Å². The van der Waals surface area contributed by atoms with Gasteiger partial charge in [0.05, 0.1) is 27.4 Å². The molecule has 0 spiro atoms. The number of methoxy groups -OCH3 is 3. The number of benzene rings is 2. The summed E-state index contributed by atoms with van der Waals surface area (Å²) in [6, 6.07) is 10.2. The first-order chi connectivity index (χ1) is 15.8. The van der Waals surface area contributed by atoms with E-state index in [1.807, 2.05) is 50.2 Å². The number of ether oxygens (including phenoxy) is 3. The molecule has 0 saturated heterocycles. The Balaban J connectivity index is 1.99. The minimum atomic E-state index is -0.664. The second-order valence-corrected chi connectivity index (χ2v) is 8.36. The summed E-state index contributed by atoms with van der Waals surface area (Å²) in [5.74, 6) is 1.77. The number of amides is 3. The molecule has 2 N–H and O–H groups in total. The predicted octanol–water partition coefficient (Wildman–Crippen LogP) is 3.28. The zero-order valence-electron chi connectivity index (χ0n) is 20.1. The van der Waals surface area contributed by atoms with Gasteiger partial charge in [-0.25, -0.2) is 4.79 Å². The number of urea groups is 1. The molecule has 2 atom stereocenters. The van der Waals surface area contributed by atoms with Gasteiger partial charge >= 0.3 is 6.03 Å². The zero-order valence-corrected chi connectivity index (χ0v) is 20.1. The fraction of sp³-hybridized carbons (Fsp3) is 0.440. The van der Waals surface area contributed by atoms with Crippen molar-refractivity contribution in [2.45, 2.75) is 45.3 Å². The Bertz CT molecular complexity index is 990. The van der Waals surface area contributed by atoms with Crippen molar-refractivity contribution in [3.05, 3.63) is 53.1 Å². The van der Waals surface area contributed by atoms with E-state index in [4.69, 9.17) is 14.2 Å². The third-order valence-corrected chi connectivity index (χ3v) is 5.73. The topological polar surface area (TPSA) is 89.1 Å². The van der Waals surface area contributed by atoms with Gasteiger partial charge in [0.1, 0.15) is 11.8 Å². The number of rotatable bonds is 7. The molecule has 3 amide bonds. The normalized spacial score (nSPS) is 16.0. The van der Waals surface area contributed by atoms with Crippen LogP contribution in [0.15, 0.2) is 36.4 Å². The lowest BCUT2D eigenvalue weighted by Crippen LogP contribution is -2.53. The van der Waals surface area contributed by atoms with Gasteiger partial charge < -0.3 is 29.7 Å². The van der Waals surface area contributed by atoms with Crippen LogP contribution in [-0.4, -0.2) is 56.8 Å². The monoisotopic (exact) mass is 455 g/mol. The summed E-state index contributed by atoms with van der Waals surface area (Å²) in [6.45, 7) is 5.94. The highest BCUT2D eigenvalue weighted by molar-refractivity contribution is 5.87. The van der Waals surface area contributed by atoms with E-state index in [0.717, 1.165) is 22.4 Å². The highest BCUT2D eigenvalue weighted by Crippen LogP contribution is 2.41. The van der Waals surface area contributed by atoms with E-state index in [1.165, 1.54) is 0 Å². The van der Waals surface area contributed by atoms with E-state index in [1.54, 1.807) is 33.2 Å². The van der Waals surface area contributed by atoms with Crippen LogP contribution in [0.3, 0.4) is 0 Å². The van der Waals surface area contributed by atoms with Crippen LogP contribution in [0.2, 0.25) is 0 Å². The van der Waals surface area contributed by atoms with Gasteiger partial charge in [0.15, 0.2) is 11.5 Å². The molecule has 33 heavy (non-hydrogen) atoms. The summed E-state index contributed by atoms with van der Waals surface area (Å²) in [6.07, 6.45) is 0.655. The van der Waals surface area contributed by atoms with Crippen molar-refractivity contribution in [3.63, 3.8) is 0 Å². The lowest BCUT2D eigenvalue weighted by Gasteiger charge is -2.38. The maximum Gasteiger partial charge on any atom is 0.318 e. The number of nitrogens with zero attached hydrogens (tertiary/aromatic N) is 1. The lowest BCUT2D eigenvalue weighted by molar-refractivity contribution is -0.123. The first-order valence-corrected chi connectivity index (χ1v) is 11.0. The molecule has 0 aliphatic carbocycles. The van der Waals surface area contributed by atoms with Crippen molar-refractivity contribution < 1.29 is 23.8 Å². The molecule has 1 aliphatic rings. The van der Waals surface area contributed by atoms with Gasteiger partial charge in [-0.15, -0.1) is 0 Å². The molecule has 8 nitrogen and oxygen atoms in total. The van der Waals surface area contributed by atoms with Gasteiger partial charge in [-0.05, 0) is 68.1 Å². The Hall–Kier alpha value is -3.42. The maximum atomic E-state index is 13.3. The molecule has 0 bridgehead atoms. The Morgan fingerprint density at radius 2 is 1.58 bits per heavy atom. The molecular weight excluding hydrogens is 422 g/mol. The highest BCUT2D eigenvalue weighted by atomic mass is 16.5. The van der Waals surface area contributed by atoms with E-state index in [0.29, 0.717) is 24.5 Å². The van der Waals surface area contributed by atoms with Crippen LogP contribution in [0.25, 0.3) is 0 Å². The van der Waals surface area contributed by atoms with E-state index in [9.17, 15) is 9.59 Å². The van der Waals surface area contributed by atoms with Gasteiger partial charge in [-0.2, -0.15) is 0 Å². The summed E-state index contributed by atoms with van der Waals surface area (Å²) < 4.78 is 16.3. The average molecular weight is 456 g/mol. The maximum absolute atomic E-state index is 13.3. The fourth-order valence-corrected chi connectivity index (χ4v) is 4.05. The molecular formula is C25H33N3O5. The van der Waals surface area contributed by atoms with Crippen molar-refractivity contribution in [1.82, 2.24) is 15.5 Å². The molecule has 178 valence electrons. The van der Waals surface area contributed by atoms with E-state index >= 15 is 0 Å². The summed E-state index contributed by atoms with van der Waals surface area (Å²) in [5, 5.41) is 5.69. The number of fused-ring (bicyclic) bond motifs is 1. The molecule has 0 aromatic heterocycles. The van der Waals surface area contributed by atoms with E-state index in [-0.39, 0.29) is 24.0 Å². The summed E-state index contributed by atoms with van der Waals surface area (Å²) in [4.78, 5) is 27.5. The number of nitrogens with one attached hydrogen (secondary N) is 2. The number of carbonyl (C=O) groups is 2. The van der Waals surface area contributed by atoms with Crippen LogP contribution in [0.5, 0.6) is 17.2 Å². The van der Waals surface area contributed by atoms with Crippen LogP contribution in [0.1, 0.15) is 43.5 Å². The minimum Gasteiger partial charge on any atom is -0.497 e. The van der Waals surface area contributed by atoms with Crippen molar-refractivity contribution in [2.24, 2.45) is 0 Å². The first-order valence-electron chi connectivity index (χ1n) is 11.0. The molecule has 0 unspecified atom stereocenters. The molecule has 2 aromatic rings. The molecule has 2 aromatic carbocycles. The molecule has 0 radical (unpaired) electrons. The average Bonchev–Trinajstić information content (AvgIpc) is 2.81. The molecule has 1 aliphatic heterocycles.